The number of hydrogen-bond acceptors (Lipinski definition) is 7. The molecule has 1 atom stereocenters. The van der Waals surface area contributed by atoms with Crippen molar-refractivity contribution in [1.82, 2.24) is 24.6 Å². The molecule has 7 nitrogen and oxygen atoms in total. The lowest BCUT2D eigenvalue weighted by Gasteiger charge is -2.43. The molecule has 2 aliphatic heterocycles. The number of thiazole rings is 1. The first-order chi connectivity index (χ1) is 12.6. The lowest BCUT2D eigenvalue weighted by molar-refractivity contribution is -0.143. The molecule has 142 valence electrons. The number of aryl methyl sites for hydroxylation is 2. The van der Waals surface area contributed by atoms with Crippen LogP contribution < -0.4 is 0 Å². The van der Waals surface area contributed by atoms with Crippen molar-refractivity contribution in [2.24, 2.45) is 7.05 Å². The summed E-state index contributed by atoms with van der Waals surface area (Å²) >= 11 is 1.71. The summed E-state index contributed by atoms with van der Waals surface area (Å²) in [6, 6.07) is 0. The Hall–Kier alpha value is -1.32. The van der Waals surface area contributed by atoms with Gasteiger partial charge in [0.25, 0.3) is 0 Å². The average molecular weight is 378 g/mol. The Morgan fingerprint density at radius 3 is 2.73 bits per heavy atom. The zero-order chi connectivity index (χ0) is 18.0. The van der Waals surface area contributed by atoms with Gasteiger partial charge in [-0.25, -0.2) is 4.98 Å². The van der Waals surface area contributed by atoms with Crippen molar-refractivity contribution in [2.45, 2.75) is 25.6 Å². The van der Waals surface area contributed by atoms with Gasteiger partial charge < -0.3 is 9.47 Å². The highest BCUT2D eigenvalue weighted by molar-refractivity contribution is 7.09. The Bertz CT molecular complexity index is 733. The van der Waals surface area contributed by atoms with Crippen LogP contribution in [0.25, 0.3) is 0 Å². The summed E-state index contributed by atoms with van der Waals surface area (Å²) in [4.78, 5) is 9.50. The fraction of sp³-hybridized carbons (Fsp3) is 0.667. The van der Waals surface area contributed by atoms with Crippen LogP contribution in [-0.4, -0.2) is 76.2 Å². The van der Waals surface area contributed by atoms with Crippen molar-refractivity contribution in [3.05, 3.63) is 34.0 Å². The van der Waals surface area contributed by atoms with Gasteiger partial charge >= 0.3 is 0 Å². The molecule has 4 rings (SSSR count). The van der Waals surface area contributed by atoms with Crippen LogP contribution in [0.4, 0.5) is 0 Å². The molecule has 8 heteroatoms. The Labute approximate surface area is 158 Å². The first-order valence-corrected chi connectivity index (χ1v) is 10.0. The minimum atomic E-state index is -0.262. The van der Waals surface area contributed by atoms with E-state index >= 15 is 0 Å². The van der Waals surface area contributed by atoms with Gasteiger partial charge in [-0.3, -0.25) is 14.5 Å². The molecule has 0 radical (unpaired) electrons. The molecule has 1 spiro atoms. The van der Waals surface area contributed by atoms with E-state index in [4.69, 9.17) is 9.47 Å². The Balaban J connectivity index is 1.42. The number of rotatable bonds is 4. The summed E-state index contributed by atoms with van der Waals surface area (Å²) in [5.41, 5.74) is 2.13. The minimum absolute atomic E-state index is 0.262. The summed E-state index contributed by atoms with van der Waals surface area (Å²) in [5.74, 6) is 0. The third-order valence-electron chi connectivity index (χ3n) is 4.97. The molecule has 0 N–H and O–H groups in total. The second-order valence-corrected chi connectivity index (χ2v) is 8.45. The lowest BCUT2D eigenvalue weighted by Crippen LogP contribution is -2.58. The van der Waals surface area contributed by atoms with Crippen molar-refractivity contribution in [3.63, 3.8) is 0 Å². The van der Waals surface area contributed by atoms with Gasteiger partial charge in [-0.05, 0) is 6.92 Å². The van der Waals surface area contributed by atoms with Crippen LogP contribution in [0.2, 0.25) is 0 Å². The summed E-state index contributed by atoms with van der Waals surface area (Å²) in [6.45, 7) is 9.61. The minimum Gasteiger partial charge on any atom is -0.377 e. The van der Waals surface area contributed by atoms with E-state index in [1.54, 1.807) is 11.3 Å². The number of ether oxygens (including phenoxy) is 2. The van der Waals surface area contributed by atoms with Gasteiger partial charge in [0.1, 0.15) is 5.60 Å². The maximum atomic E-state index is 6.29. The van der Waals surface area contributed by atoms with E-state index in [0.717, 1.165) is 63.2 Å². The fourth-order valence-corrected chi connectivity index (χ4v) is 4.49. The van der Waals surface area contributed by atoms with Crippen LogP contribution in [0.15, 0.2) is 17.8 Å². The van der Waals surface area contributed by atoms with Crippen LogP contribution in [0, 0.1) is 6.92 Å². The van der Waals surface area contributed by atoms with Crippen LogP contribution in [0.1, 0.15) is 16.3 Å². The van der Waals surface area contributed by atoms with Gasteiger partial charge in [-0.2, -0.15) is 5.10 Å². The molecule has 0 bridgehead atoms. The third-order valence-corrected chi connectivity index (χ3v) is 5.80. The third kappa shape index (κ3) is 4.32. The van der Waals surface area contributed by atoms with E-state index in [2.05, 4.69) is 38.4 Å². The van der Waals surface area contributed by atoms with Crippen molar-refractivity contribution in [3.8, 4) is 0 Å². The number of morpholine rings is 1. The molecule has 0 unspecified atom stereocenters. The second kappa shape index (κ2) is 7.74. The monoisotopic (exact) mass is 377 g/mol. The summed E-state index contributed by atoms with van der Waals surface area (Å²) < 4.78 is 14.1. The SMILES string of the molecule is Cc1nc(CN2CCOC[C@@]3(CN(Cc4cnn(C)c4)CCO3)C2)cs1. The van der Waals surface area contributed by atoms with Gasteiger partial charge in [0, 0.05) is 63.5 Å². The highest BCUT2D eigenvalue weighted by Gasteiger charge is 2.40. The molecule has 0 saturated carbocycles. The summed E-state index contributed by atoms with van der Waals surface area (Å²) in [6.07, 6.45) is 4.03. The largest absolute Gasteiger partial charge is 0.377 e. The second-order valence-electron chi connectivity index (χ2n) is 7.39. The molecule has 0 amide bonds. The van der Waals surface area contributed by atoms with Crippen molar-refractivity contribution in [2.75, 3.05) is 46.0 Å². The summed E-state index contributed by atoms with van der Waals surface area (Å²) in [5, 5.41) is 7.56. The highest BCUT2D eigenvalue weighted by Crippen LogP contribution is 2.25. The van der Waals surface area contributed by atoms with Crippen LogP contribution >= 0.6 is 11.3 Å². The van der Waals surface area contributed by atoms with Gasteiger partial charge in [0.05, 0.1) is 36.7 Å². The molecule has 4 heterocycles. The van der Waals surface area contributed by atoms with Gasteiger partial charge in [0.2, 0.25) is 0 Å². The molecule has 2 aromatic heterocycles. The van der Waals surface area contributed by atoms with Crippen molar-refractivity contribution in [1.29, 1.82) is 0 Å². The molecular formula is C18H27N5O2S. The molecule has 2 aliphatic rings. The molecule has 2 saturated heterocycles. The number of nitrogens with zero attached hydrogens (tertiary/aromatic N) is 5. The van der Waals surface area contributed by atoms with Crippen LogP contribution in [-0.2, 0) is 29.6 Å². The zero-order valence-electron chi connectivity index (χ0n) is 15.6. The molecule has 0 aliphatic carbocycles. The smallest absolute Gasteiger partial charge is 0.117 e. The van der Waals surface area contributed by atoms with E-state index in [9.17, 15) is 0 Å². The van der Waals surface area contributed by atoms with Gasteiger partial charge in [-0.15, -0.1) is 11.3 Å². The predicted molar refractivity (Wildman–Crippen MR) is 100 cm³/mol. The first-order valence-electron chi connectivity index (χ1n) is 9.15. The average Bonchev–Trinajstić information content (AvgIpc) is 3.14. The van der Waals surface area contributed by atoms with Crippen molar-refractivity contribution < 1.29 is 9.47 Å². The molecule has 0 aromatic carbocycles. The standard InChI is InChI=1S/C18H27N5O2S/c1-15-20-17(11-26-15)10-23-3-5-24-14-18(13-23)12-22(4-6-25-18)9-16-7-19-21(2)8-16/h7-8,11H,3-6,9-10,12-14H2,1-2H3/t18-/m1/s1. The topological polar surface area (TPSA) is 55.7 Å². The number of hydrogen-bond donors (Lipinski definition) is 0. The zero-order valence-corrected chi connectivity index (χ0v) is 16.4. The summed E-state index contributed by atoms with van der Waals surface area (Å²) in [7, 11) is 1.96. The maximum Gasteiger partial charge on any atom is 0.117 e. The first kappa shape index (κ1) is 18.1. The molecule has 2 fully saturated rings. The van der Waals surface area contributed by atoms with Gasteiger partial charge in [-0.1, -0.05) is 0 Å². The molecular weight excluding hydrogens is 350 g/mol. The van der Waals surface area contributed by atoms with Crippen LogP contribution in [0.3, 0.4) is 0 Å². The van der Waals surface area contributed by atoms with E-state index in [0.29, 0.717) is 6.61 Å². The van der Waals surface area contributed by atoms with Crippen LogP contribution in [0.5, 0.6) is 0 Å². The van der Waals surface area contributed by atoms with E-state index < -0.39 is 0 Å². The quantitative estimate of drug-likeness (QED) is 0.800. The fourth-order valence-electron chi connectivity index (χ4n) is 3.88. The van der Waals surface area contributed by atoms with E-state index in [1.807, 2.05) is 17.9 Å². The van der Waals surface area contributed by atoms with E-state index in [-0.39, 0.29) is 5.60 Å². The highest BCUT2D eigenvalue weighted by atomic mass is 32.1. The Morgan fingerprint density at radius 2 is 2.00 bits per heavy atom. The predicted octanol–water partition coefficient (Wildman–Crippen LogP) is 1.29. The molecule has 2 aromatic rings. The van der Waals surface area contributed by atoms with Crippen molar-refractivity contribution >= 4 is 11.3 Å². The van der Waals surface area contributed by atoms with E-state index in [1.165, 1.54) is 5.56 Å². The molecule has 26 heavy (non-hydrogen) atoms. The van der Waals surface area contributed by atoms with Gasteiger partial charge in [0.15, 0.2) is 0 Å². The maximum absolute atomic E-state index is 6.29. The lowest BCUT2D eigenvalue weighted by atomic mass is 10.0. The number of aromatic nitrogens is 3. The Kier molecular flexibility index (Phi) is 5.37. The Morgan fingerprint density at radius 1 is 1.19 bits per heavy atom. The normalized spacial score (nSPS) is 25.6.